The molecule has 0 radical (unpaired) electrons. The van der Waals surface area contributed by atoms with Crippen LogP contribution in [0.3, 0.4) is 0 Å². The Labute approximate surface area is 203 Å². The van der Waals surface area contributed by atoms with Crippen molar-refractivity contribution in [2.45, 2.75) is 33.2 Å². The number of rotatable bonds is 14. The van der Waals surface area contributed by atoms with Crippen LogP contribution in [0.1, 0.15) is 30.2 Å². The fourth-order valence-corrected chi connectivity index (χ4v) is 2.78. The predicted molar refractivity (Wildman–Crippen MR) is 135 cm³/mol. The first-order chi connectivity index (χ1) is 14.7. The zero-order valence-corrected chi connectivity index (χ0v) is 21.1. The number of halogens is 1. The van der Waals surface area contributed by atoms with Gasteiger partial charge in [0.1, 0.15) is 18.1 Å². The minimum atomic E-state index is 0. The van der Waals surface area contributed by atoms with Gasteiger partial charge in [-0.3, -0.25) is 0 Å². The minimum absolute atomic E-state index is 0. The van der Waals surface area contributed by atoms with Crippen LogP contribution in [0.25, 0.3) is 0 Å². The molecule has 1 aromatic heterocycles. The van der Waals surface area contributed by atoms with Crippen LogP contribution >= 0.6 is 24.0 Å². The van der Waals surface area contributed by atoms with Gasteiger partial charge < -0.3 is 29.3 Å². The molecular weight excluding hydrogens is 509 g/mol. The summed E-state index contributed by atoms with van der Waals surface area (Å²) in [5.74, 6) is 2.56. The van der Waals surface area contributed by atoms with Crippen molar-refractivity contribution in [1.29, 1.82) is 0 Å². The molecular formula is C23H36IN3O4. The Morgan fingerprint density at radius 2 is 1.94 bits per heavy atom. The van der Waals surface area contributed by atoms with Gasteiger partial charge >= 0.3 is 0 Å². The summed E-state index contributed by atoms with van der Waals surface area (Å²) in [5.41, 5.74) is 2.19. The molecule has 0 aliphatic heterocycles. The largest absolute Gasteiger partial charge is 0.491 e. The number of benzene rings is 1. The first-order valence-corrected chi connectivity index (χ1v) is 10.6. The highest BCUT2D eigenvalue weighted by Crippen LogP contribution is 2.21. The molecule has 0 saturated carbocycles. The second-order valence-electron chi connectivity index (χ2n) is 6.85. The molecule has 0 spiro atoms. The number of furan rings is 1. The SMILES string of the molecule is CCOCCCNC(=NCc1ccc(C)cc1OCCOC)NCCc1ccco1.I. The Hall–Kier alpha value is -1.78. The van der Waals surface area contributed by atoms with E-state index >= 15 is 0 Å². The fourth-order valence-electron chi connectivity index (χ4n) is 2.78. The minimum Gasteiger partial charge on any atom is -0.491 e. The van der Waals surface area contributed by atoms with Gasteiger partial charge in [-0.25, -0.2) is 4.99 Å². The first-order valence-electron chi connectivity index (χ1n) is 10.6. The van der Waals surface area contributed by atoms with Crippen LogP contribution in [0.5, 0.6) is 5.75 Å². The molecule has 174 valence electrons. The summed E-state index contributed by atoms with van der Waals surface area (Å²) in [5, 5.41) is 6.76. The average molecular weight is 545 g/mol. The van der Waals surface area contributed by atoms with E-state index in [1.165, 1.54) is 0 Å². The zero-order chi connectivity index (χ0) is 21.4. The lowest BCUT2D eigenvalue weighted by molar-refractivity contribution is 0.145. The van der Waals surface area contributed by atoms with E-state index in [9.17, 15) is 0 Å². The monoisotopic (exact) mass is 545 g/mol. The lowest BCUT2D eigenvalue weighted by atomic mass is 10.1. The summed E-state index contributed by atoms with van der Waals surface area (Å²) >= 11 is 0. The van der Waals surface area contributed by atoms with Crippen molar-refractivity contribution in [3.63, 3.8) is 0 Å². The number of aryl methyl sites for hydroxylation is 1. The number of aliphatic imine (C=N–C) groups is 1. The highest BCUT2D eigenvalue weighted by Gasteiger charge is 2.06. The normalized spacial score (nSPS) is 11.1. The van der Waals surface area contributed by atoms with Gasteiger partial charge in [0, 0.05) is 45.4 Å². The Balaban J connectivity index is 0.00000480. The maximum absolute atomic E-state index is 5.88. The van der Waals surface area contributed by atoms with Crippen LogP contribution in [0.15, 0.2) is 46.0 Å². The lowest BCUT2D eigenvalue weighted by Crippen LogP contribution is -2.39. The van der Waals surface area contributed by atoms with Crippen LogP contribution in [-0.2, 0) is 22.4 Å². The van der Waals surface area contributed by atoms with Gasteiger partial charge in [0.2, 0.25) is 0 Å². The summed E-state index contributed by atoms with van der Waals surface area (Å²) in [4.78, 5) is 4.76. The lowest BCUT2D eigenvalue weighted by Gasteiger charge is -2.14. The summed E-state index contributed by atoms with van der Waals surface area (Å²) in [7, 11) is 1.67. The molecule has 1 aromatic carbocycles. The Morgan fingerprint density at radius 1 is 1.10 bits per heavy atom. The highest BCUT2D eigenvalue weighted by molar-refractivity contribution is 14.0. The number of hydrogen-bond donors (Lipinski definition) is 2. The molecule has 0 aliphatic rings. The van der Waals surface area contributed by atoms with Gasteiger partial charge in [-0.05, 0) is 44.0 Å². The molecule has 0 bridgehead atoms. The van der Waals surface area contributed by atoms with E-state index in [1.807, 2.05) is 25.1 Å². The molecule has 2 N–H and O–H groups in total. The number of hydrogen-bond acceptors (Lipinski definition) is 5. The molecule has 31 heavy (non-hydrogen) atoms. The van der Waals surface area contributed by atoms with Crippen LogP contribution in [0.4, 0.5) is 0 Å². The number of methoxy groups -OCH3 is 1. The second-order valence-corrected chi connectivity index (χ2v) is 6.85. The van der Waals surface area contributed by atoms with E-state index in [0.717, 1.165) is 67.7 Å². The van der Waals surface area contributed by atoms with Crippen LogP contribution < -0.4 is 15.4 Å². The Kier molecular flexibility index (Phi) is 14.8. The molecule has 0 fully saturated rings. The van der Waals surface area contributed by atoms with Crippen LogP contribution in [-0.4, -0.2) is 52.6 Å². The number of nitrogens with one attached hydrogen (secondary N) is 2. The summed E-state index contributed by atoms with van der Waals surface area (Å²) in [6.07, 6.45) is 3.41. The summed E-state index contributed by atoms with van der Waals surface area (Å²) in [6, 6.07) is 10.1. The molecule has 0 aliphatic carbocycles. The van der Waals surface area contributed by atoms with Crippen molar-refractivity contribution < 1.29 is 18.6 Å². The quantitative estimate of drug-likeness (QED) is 0.162. The molecule has 2 rings (SSSR count). The molecule has 2 aromatic rings. The maximum atomic E-state index is 5.88. The van der Waals surface area contributed by atoms with E-state index < -0.39 is 0 Å². The van der Waals surface area contributed by atoms with E-state index in [4.69, 9.17) is 23.6 Å². The Bertz CT molecular complexity index is 738. The summed E-state index contributed by atoms with van der Waals surface area (Å²) in [6.45, 7) is 8.64. The van der Waals surface area contributed by atoms with Crippen molar-refractivity contribution in [1.82, 2.24) is 10.6 Å². The standard InChI is InChI=1S/C23H35N3O4.HI/c1-4-28-13-6-11-24-23(25-12-10-21-7-5-14-29-21)26-18-20-9-8-19(2)17-22(20)30-16-15-27-3;/h5,7-9,14,17H,4,6,10-13,15-16,18H2,1-3H3,(H2,24,25,26);1H. The topological polar surface area (TPSA) is 77.2 Å². The number of nitrogens with zero attached hydrogens (tertiary/aromatic N) is 1. The summed E-state index contributed by atoms with van der Waals surface area (Å²) < 4.78 is 21.8. The van der Waals surface area contributed by atoms with Gasteiger partial charge in [-0.15, -0.1) is 24.0 Å². The molecule has 0 atom stereocenters. The second kappa shape index (κ2) is 16.9. The van der Waals surface area contributed by atoms with E-state index in [2.05, 4.69) is 29.7 Å². The van der Waals surface area contributed by atoms with Gasteiger partial charge in [-0.1, -0.05) is 12.1 Å². The Morgan fingerprint density at radius 3 is 2.68 bits per heavy atom. The van der Waals surface area contributed by atoms with Gasteiger partial charge in [-0.2, -0.15) is 0 Å². The van der Waals surface area contributed by atoms with E-state index in [0.29, 0.717) is 19.8 Å². The van der Waals surface area contributed by atoms with Gasteiger partial charge in [0.05, 0.1) is 19.4 Å². The van der Waals surface area contributed by atoms with Gasteiger partial charge in [0.15, 0.2) is 5.96 Å². The predicted octanol–water partition coefficient (Wildman–Crippen LogP) is 3.94. The third-order valence-electron chi connectivity index (χ3n) is 4.38. The van der Waals surface area contributed by atoms with Crippen molar-refractivity contribution in [2.75, 3.05) is 46.6 Å². The number of guanidine groups is 1. The molecule has 0 saturated heterocycles. The van der Waals surface area contributed by atoms with Crippen molar-refractivity contribution in [2.24, 2.45) is 4.99 Å². The van der Waals surface area contributed by atoms with Crippen molar-refractivity contribution in [3.05, 3.63) is 53.5 Å². The van der Waals surface area contributed by atoms with E-state index in [1.54, 1.807) is 13.4 Å². The molecule has 0 amide bonds. The van der Waals surface area contributed by atoms with Crippen LogP contribution in [0.2, 0.25) is 0 Å². The highest BCUT2D eigenvalue weighted by atomic mass is 127. The smallest absolute Gasteiger partial charge is 0.191 e. The third kappa shape index (κ3) is 11.4. The fraction of sp³-hybridized carbons (Fsp3) is 0.522. The zero-order valence-electron chi connectivity index (χ0n) is 18.8. The van der Waals surface area contributed by atoms with Gasteiger partial charge in [0.25, 0.3) is 0 Å². The van der Waals surface area contributed by atoms with Crippen LogP contribution in [0, 0.1) is 6.92 Å². The number of ether oxygens (including phenoxy) is 3. The van der Waals surface area contributed by atoms with Crippen molar-refractivity contribution >= 4 is 29.9 Å². The maximum Gasteiger partial charge on any atom is 0.191 e. The van der Waals surface area contributed by atoms with E-state index in [-0.39, 0.29) is 24.0 Å². The molecule has 7 nitrogen and oxygen atoms in total. The average Bonchev–Trinajstić information content (AvgIpc) is 3.26. The molecule has 1 heterocycles. The van der Waals surface area contributed by atoms with Crippen molar-refractivity contribution in [3.8, 4) is 5.75 Å². The molecule has 8 heteroatoms. The first kappa shape index (κ1) is 27.3. The third-order valence-corrected chi connectivity index (χ3v) is 4.38. The molecule has 0 unspecified atom stereocenters.